The average Bonchev–Trinajstić information content (AvgIpc) is 2.87. The maximum Gasteiger partial charge on any atom is 0.0638 e. The van der Waals surface area contributed by atoms with Crippen LogP contribution in [-0.2, 0) is 11.3 Å². The van der Waals surface area contributed by atoms with E-state index in [1.807, 2.05) is 6.92 Å². The molecule has 1 saturated heterocycles. The van der Waals surface area contributed by atoms with Crippen LogP contribution in [0, 0.1) is 13.8 Å². The minimum Gasteiger partial charge on any atom is -0.378 e. The summed E-state index contributed by atoms with van der Waals surface area (Å²) in [5.41, 5.74) is 3.57. The molecule has 2 heterocycles. The molecule has 1 fully saturated rings. The Kier molecular flexibility index (Phi) is 3.96. The minimum atomic E-state index is 0.485. The third-order valence-electron chi connectivity index (χ3n) is 3.25. The van der Waals surface area contributed by atoms with E-state index < -0.39 is 0 Å². The van der Waals surface area contributed by atoms with Crippen molar-refractivity contribution in [1.29, 1.82) is 0 Å². The second-order valence-electron chi connectivity index (χ2n) is 4.51. The van der Waals surface area contributed by atoms with E-state index in [1.54, 1.807) is 0 Å². The molecule has 4 heteroatoms. The molecule has 0 saturated carbocycles. The van der Waals surface area contributed by atoms with Crippen LogP contribution in [0.1, 0.15) is 36.2 Å². The average molecular weight is 223 g/mol. The first-order valence-corrected chi connectivity index (χ1v) is 6.10. The van der Waals surface area contributed by atoms with Crippen molar-refractivity contribution in [3.63, 3.8) is 0 Å². The van der Waals surface area contributed by atoms with Gasteiger partial charge in [0.1, 0.15) is 0 Å². The SMILES string of the molecule is Cc1n[nH]c(C)c1CNCC[C@@H]1CCCO1. The molecule has 0 radical (unpaired) electrons. The fourth-order valence-electron chi connectivity index (χ4n) is 2.18. The quantitative estimate of drug-likeness (QED) is 0.747. The number of rotatable bonds is 5. The van der Waals surface area contributed by atoms with Gasteiger partial charge in [0.05, 0.1) is 11.8 Å². The molecule has 1 aliphatic heterocycles. The number of aryl methyl sites for hydroxylation is 2. The van der Waals surface area contributed by atoms with Gasteiger partial charge < -0.3 is 10.1 Å². The number of H-pyrrole nitrogens is 1. The molecule has 1 atom stereocenters. The Hall–Kier alpha value is -0.870. The highest BCUT2D eigenvalue weighted by atomic mass is 16.5. The van der Waals surface area contributed by atoms with Gasteiger partial charge in [-0.3, -0.25) is 5.10 Å². The standard InChI is InChI=1S/C12H21N3O/c1-9-12(10(2)15-14-9)8-13-6-5-11-4-3-7-16-11/h11,13H,3-8H2,1-2H3,(H,14,15)/t11-/m0/s1. The molecule has 4 nitrogen and oxygen atoms in total. The number of nitrogens with one attached hydrogen (secondary N) is 2. The van der Waals surface area contributed by atoms with Gasteiger partial charge in [0.2, 0.25) is 0 Å². The molecule has 1 aromatic heterocycles. The van der Waals surface area contributed by atoms with Crippen LogP contribution in [-0.4, -0.2) is 29.5 Å². The van der Waals surface area contributed by atoms with E-state index in [0.717, 1.165) is 31.8 Å². The summed E-state index contributed by atoms with van der Waals surface area (Å²) in [6.45, 7) is 6.98. The summed E-state index contributed by atoms with van der Waals surface area (Å²) in [6.07, 6.45) is 4.06. The second kappa shape index (κ2) is 5.46. The first-order chi connectivity index (χ1) is 7.77. The van der Waals surface area contributed by atoms with Crippen molar-refractivity contribution < 1.29 is 4.74 Å². The first-order valence-electron chi connectivity index (χ1n) is 6.10. The monoisotopic (exact) mass is 223 g/mol. The molecule has 0 aromatic carbocycles. The van der Waals surface area contributed by atoms with Crippen LogP contribution in [0.3, 0.4) is 0 Å². The highest BCUT2D eigenvalue weighted by Crippen LogP contribution is 2.14. The minimum absolute atomic E-state index is 0.485. The summed E-state index contributed by atoms with van der Waals surface area (Å²) in [6, 6.07) is 0. The van der Waals surface area contributed by atoms with E-state index in [0.29, 0.717) is 6.10 Å². The fourth-order valence-corrected chi connectivity index (χ4v) is 2.18. The number of hydrogen-bond acceptors (Lipinski definition) is 3. The topological polar surface area (TPSA) is 49.9 Å². The largest absolute Gasteiger partial charge is 0.378 e. The number of nitrogens with zero attached hydrogens (tertiary/aromatic N) is 1. The number of hydrogen-bond donors (Lipinski definition) is 2. The van der Waals surface area contributed by atoms with Crippen LogP contribution in [0.15, 0.2) is 0 Å². The molecule has 90 valence electrons. The summed E-state index contributed by atoms with van der Waals surface area (Å²) < 4.78 is 5.58. The zero-order chi connectivity index (χ0) is 11.4. The van der Waals surface area contributed by atoms with Gasteiger partial charge in [-0.1, -0.05) is 0 Å². The number of aromatic amines is 1. The Labute approximate surface area is 96.8 Å². The van der Waals surface area contributed by atoms with Gasteiger partial charge in [-0.25, -0.2) is 0 Å². The molecule has 0 bridgehead atoms. The predicted octanol–water partition coefficient (Wildman–Crippen LogP) is 1.69. The van der Waals surface area contributed by atoms with Crippen LogP contribution < -0.4 is 5.32 Å². The lowest BCUT2D eigenvalue weighted by Gasteiger charge is -2.10. The Morgan fingerprint density at radius 3 is 3.00 bits per heavy atom. The van der Waals surface area contributed by atoms with Crippen LogP contribution in [0.5, 0.6) is 0 Å². The normalized spacial score (nSPS) is 20.5. The number of aromatic nitrogens is 2. The third kappa shape index (κ3) is 2.83. The summed E-state index contributed by atoms with van der Waals surface area (Å²) in [5.74, 6) is 0. The maximum absolute atomic E-state index is 5.58. The van der Waals surface area contributed by atoms with Gasteiger partial charge in [0.25, 0.3) is 0 Å². The molecule has 1 aliphatic rings. The molecular weight excluding hydrogens is 202 g/mol. The van der Waals surface area contributed by atoms with Crippen molar-refractivity contribution in [2.24, 2.45) is 0 Å². The summed E-state index contributed by atoms with van der Waals surface area (Å²) in [4.78, 5) is 0. The van der Waals surface area contributed by atoms with Crippen molar-refractivity contribution in [3.05, 3.63) is 17.0 Å². The van der Waals surface area contributed by atoms with Gasteiger partial charge in [-0.15, -0.1) is 0 Å². The first kappa shape index (κ1) is 11.6. The Morgan fingerprint density at radius 1 is 1.50 bits per heavy atom. The molecule has 16 heavy (non-hydrogen) atoms. The molecule has 2 rings (SSSR count). The maximum atomic E-state index is 5.58. The zero-order valence-electron chi connectivity index (χ0n) is 10.2. The van der Waals surface area contributed by atoms with Crippen molar-refractivity contribution in [2.75, 3.05) is 13.2 Å². The van der Waals surface area contributed by atoms with Crippen LogP contribution in [0.25, 0.3) is 0 Å². The van der Waals surface area contributed by atoms with Crippen LogP contribution >= 0.6 is 0 Å². The highest BCUT2D eigenvalue weighted by molar-refractivity contribution is 5.22. The molecule has 0 amide bonds. The smallest absolute Gasteiger partial charge is 0.0638 e. The molecular formula is C12H21N3O. The van der Waals surface area contributed by atoms with Crippen LogP contribution in [0.4, 0.5) is 0 Å². The molecule has 1 aromatic rings. The Balaban J connectivity index is 1.67. The van der Waals surface area contributed by atoms with E-state index in [1.165, 1.54) is 24.1 Å². The Morgan fingerprint density at radius 2 is 2.38 bits per heavy atom. The molecule has 0 aliphatic carbocycles. The summed E-state index contributed by atoms with van der Waals surface area (Å²) in [5, 5.41) is 10.6. The lowest BCUT2D eigenvalue weighted by atomic mass is 10.1. The van der Waals surface area contributed by atoms with Crippen molar-refractivity contribution >= 4 is 0 Å². The third-order valence-corrected chi connectivity index (χ3v) is 3.25. The Bertz CT molecular complexity index is 310. The lowest BCUT2D eigenvalue weighted by Crippen LogP contribution is -2.20. The number of ether oxygens (including phenoxy) is 1. The highest BCUT2D eigenvalue weighted by Gasteiger charge is 2.14. The fraction of sp³-hybridized carbons (Fsp3) is 0.750. The van der Waals surface area contributed by atoms with Crippen LogP contribution in [0.2, 0.25) is 0 Å². The van der Waals surface area contributed by atoms with Gasteiger partial charge >= 0.3 is 0 Å². The second-order valence-corrected chi connectivity index (χ2v) is 4.51. The van der Waals surface area contributed by atoms with Gasteiger partial charge in [-0.2, -0.15) is 5.10 Å². The van der Waals surface area contributed by atoms with E-state index in [9.17, 15) is 0 Å². The van der Waals surface area contributed by atoms with E-state index in [4.69, 9.17) is 4.74 Å². The predicted molar refractivity (Wildman–Crippen MR) is 63.4 cm³/mol. The zero-order valence-corrected chi connectivity index (χ0v) is 10.2. The lowest BCUT2D eigenvalue weighted by molar-refractivity contribution is 0.104. The summed E-state index contributed by atoms with van der Waals surface area (Å²) >= 11 is 0. The van der Waals surface area contributed by atoms with Gasteiger partial charge in [0.15, 0.2) is 0 Å². The van der Waals surface area contributed by atoms with Crippen molar-refractivity contribution in [1.82, 2.24) is 15.5 Å². The molecule has 0 spiro atoms. The van der Waals surface area contributed by atoms with E-state index >= 15 is 0 Å². The van der Waals surface area contributed by atoms with E-state index in [2.05, 4.69) is 22.4 Å². The van der Waals surface area contributed by atoms with E-state index in [-0.39, 0.29) is 0 Å². The van der Waals surface area contributed by atoms with Crippen molar-refractivity contribution in [3.8, 4) is 0 Å². The van der Waals surface area contributed by atoms with Gasteiger partial charge in [0, 0.05) is 24.4 Å². The molecule has 2 N–H and O–H groups in total. The van der Waals surface area contributed by atoms with Gasteiger partial charge in [-0.05, 0) is 39.7 Å². The van der Waals surface area contributed by atoms with Crippen molar-refractivity contribution in [2.45, 2.75) is 45.8 Å². The summed E-state index contributed by atoms with van der Waals surface area (Å²) in [7, 11) is 0. The molecule has 0 unspecified atom stereocenters.